The molecule has 0 N–H and O–H groups in total. The lowest BCUT2D eigenvalue weighted by Gasteiger charge is -2.33. The third-order valence-electron chi connectivity index (χ3n) is 2.47. The number of ketones is 1. The fraction of sp³-hybridized carbons (Fsp3) is 0.700. The van der Waals surface area contributed by atoms with Gasteiger partial charge in [0.2, 0.25) is 11.8 Å². The van der Waals surface area contributed by atoms with Gasteiger partial charge in [-0.15, -0.1) is 0 Å². The number of hydrogen-bond acceptors (Lipinski definition) is 3. The first kappa shape index (κ1) is 11.7. The van der Waals surface area contributed by atoms with E-state index in [2.05, 4.69) is 0 Å². The Hall–Kier alpha value is -1.39. The number of likely N-dealkylation sites (N-methyl/N-ethyl adjacent to an activating group) is 1. The van der Waals surface area contributed by atoms with Crippen molar-refractivity contribution in [3.63, 3.8) is 0 Å². The van der Waals surface area contributed by atoms with Crippen LogP contribution in [0.2, 0.25) is 0 Å². The molecule has 1 rings (SSSR count). The van der Waals surface area contributed by atoms with Gasteiger partial charge < -0.3 is 9.80 Å². The van der Waals surface area contributed by atoms with Gasteiger partial charge in [-0.25, -0.2) is 0 Å². The van der Waals surface area contributed by atoms with Crippen LogP contribution in [-0.2, 0) is 14.4 Å². The molecule has 0 bridgehead atoms. The lowest BCUT2D eigenvalue weighted by atomic mass is 10.2. The van der Waals surface area contributed by atoms with E-state index in [1.165, 1.54) is 16.7 Å². The van der Waals surface area contributed by atoms with Gasteiger partial charge in [-0.1, -0.05) is 0 Å². The summed E-state index contributed by atoms with van der Waals surface area (Å²) in [6.07, 6.45) is 0.325. The van der Waals surface area contributed by atoms with E-state index >= 15 is 0 Å². The van der Waals surface area contributed by atoms with Gasteiger partial charge in [-0.3, -0.25) is 14.4 Å². The predicted octanol–water partition coefficient (Wildman–Crippen LogP) is -0.344. The molecular formula is C10H16N2O3. The Labute approximate surface area is 89.0 Å². The molecule has 0 aromatic rings. The van der Waals surface area contributed by atoms with Crippen molar-refractivity contribution in [3.8, 4) is 0 Å². The first-order chi connectivity index (χ1) is 7.04. The van der Waals surface area contributed by atoms with Crippen molar-refractivity contribution in [1.82, 2.24) is 9.80 Å². The summed E-state index contributed by atoms with van der Waals surface area (Å²) in [4.78, 5) is 36.8. The maximum Gasteiger partial charge on any atom is 0.242 e. The van der Waals surface area contributed by atoms with E-state index < -0.39 is 0 Å². The summed E-state index contributed by atoms with van der Waals surface area (Å²) in [5.74, 6) is -0.0773. The van der Waals surface area contributed by atoms with Crippen LogP contribution in [0.4, 0.5) is 0 Å². The van der Waals surface area contributed by atoms with E-state index in [1.807, 2.05) is 6.92 Å². The molecule has 0 aromatic heterocycles. The number of Topliss-reactive ketones (excluding diaryl/α,β-unsaturated/α-hetero) is 1. The smallest absolute Gasteiger partial charge is 0.242 e. The number of carbonyl (C=O) groups excluding carboxylic acids is 3. The van der Waals surface area contributed by atoms with Crippen LogP contribution in [0.3, 0.4) is 0 Å². The fourth-order valence-corrected chi connectivity index (χ4v) is 1.49. The molecule has 5 nitrogen and oxygen atoms in total. The number of rotatable bonds is 4. The molecular weight excluding hydrogens is 196 g/mol. The number of hydrogen-bond donors (Lipinski definition) is 0. The van der Waals surface area contributed by atoms with Gasteiger partial charge in [0.05, 0.1) is 13.1 Å². The Bertz CT molecular complexity index is 288. The summed E-state index contributed by atoms with van der Waals surface area (Å²) in [7, 11) is 0. The molecule has 1 aliphatic heterocycles. The van der Waals surface area contributed by atoms with Gasteiger partial charge in [0.1, 0.15) is 5.78 Å². The fourth-order valence-electron chi connectivity index (χ4n) is 1.49. The summed E-state index contributed by atoms with van der Waals surface area (Å²) in [6.45, 7) is 4.50. The highest BCUT2D eigenvalue weighted by Gasteiger charge is 2.28. The van der Waals surface area contributed by atoms with Crippen LogP contribution >= 0.6 is 0 Å². The minimum Gasteiger partial charge on any atom is -0.332 e. The van der Waals surface area contributed by atoms with Gasteiger partial charge in [0.25, 0.3) is 0 Å². The molecule has 2 amide bonds. The van der Waals surface area contributed by atoms with Gasteiger partial charge in [0.15, 0.2) is 0 Å². The molecule has 1 aliphatic rings. The molecule has 1 fully saturated rings. The van der Waals surface area contributed by atoms with E-state index in [0.29, 0.717) is 19.5 Å². The zero-order chi connectivity index (χ0) is 11.4. The monoisotopic (exact) mass is 212 g/mol. The first-order valence-corrected chi connectivity index (χ1v) is 5.09. The Kier molecular flexibility index (Phi) is 3.82. The molecule has 0 saturated carbocycles. The molecule has 0 aromatic carbocycles. The van der Waals surface area contributed by atoms with Crippen LogP contribution in [0.25, 0.3) is 0 Å². The highest BCUT2D eigenvalue weighted by atomic mass is 16.2. The van der Waals surface area contributed by atoms with Crippen molar-refractivity contribution in [2.24, 2.45) is 0 Å². The molecule has 0 spiro atoms. The third-order valence-corrected chi connectivity index (χ3v) is 2.47. The third kappa shape index (κ3) is 3.04. The van der Waals surface area contributed by atoms with Crippen molar-refractivity contribution in [2.75, 3.05) is 26.2 Å². The zero-order valence-electron chi connectivity index (χ0n) is 9.15. The molecule has 5 heteroatoms. The minimum absolute atomic E-state index is 0.0353. The van der Waals surface area contributed by atoms with Crippen molar-refractivity contribution in [1.29, 1.82) is 0 Å². The molecule has 1 saturated heterocycles. The van der Waals surface area contributed by atoms with Gasteiger partial charge in [-0.05, 0) is 13.8 Å². The summed E-state index contributed by atoms with van der Waals surface area (Å²) in [5.41, 5.74) is 0. The van der Waals surface area contributed by atoms with Gasteiger partial charge in [0, 0.05) is 19.5 Å². The van der Waals surface area contributed by atoms with Crippen LogP contribution in [0.5, 0.6) is 0 Å². The Morgan fingerprint density at radius 3 is 2.27 bits per heavy atom. The molecule has 15 heavy (non-hydrogen) atoms. The highest BCUT2D eigenvalue weighted by Crippen LogP contribution is 2.05. The van der Waals surface area contributed by atoms with Gasteiger partial charge in [-0.2, -0.15) is 0 Å². The zero-order valence-corrected chi connectivity index (χ0v) is 9.15. The molecule has 1 heterocycles. The second-order valence-corrected chi connectivity index (χ2v) is 3.68. The number of piperazine rings is 1. The molecule has 0 unspecified atom stereocenters. The van der Waals surface area contributed by atoms with Crippen LogP contribution in [0.1, 0.15) is 20.3 Å². The Morgan fingerprint density at radius 2 is 1.73 bits per heavy atom. The largest absolute Gasteiger partial charge is 0.332 e. The quantitative estimate of drug-likeness (QED) is 0.640. The Balaban J connectivity index is 2.51. The summed E-state index contributed by atoms with van der Waals surface area (Å²) >= 11 is 0. The maximum atomic E-state index is 11.5. The van der Waals surface area contributed by atoms with E-state index in [-0.39, 0.29) is 30.7 Å². The second-order valence-electron chi connectivity index (χ2n) is 3.68. The lowest BCUT2D eigenvalue weighted by Crippen LogP contribution is -2.53. The SMILES string of the molecule is CCN1CC(=O)N(CCC(C)=O)CC1=O. The van der Waals surface area contributed by atoms with E-state index in [0.717, 1.165) is 0 Å². The highest BCUT2D eigenvalue weighted by molar-refractivity contribution is 5.92. The minimum atomic E-state index is -0.0716. The standard InChI is InChI=1S/C10H16N2O3/c1-3-11-6-10(15)12(7-9(11)14)5-4-8(2)13/h3-7H2,1-2H3. The van der Waals surface area contributed by atoms with Crippen molar-refractivity contribution < 1.29 is 14.4 Å². The van der Waals surface area contributed by atoms with Crippen LogP contribution < -0.4 is 0 Å². The van der Waals surface area contributed by atoms with Crippen molar-refractivity contribution in [3.05, 3.63) is 0 Å². The normalized spacial score (nSPS) is 17.2. The Morgan fingerprint density at radius 1 is 1.20 bits per heavy atom. The maximum absolute atomic E-state index is 11.5. The van der Waals surface area contributed by atoms with E-state index in [9.17, 15) is 14.4 Å². The van der Waals surface area contributed by atoms with E-state index in [1.54, 1.807) is 0 Å². The van der Waals surface area contributed by atoms with Crippen LogP contribution in [0.15, 0.2) is 0 Å². The molecule has 84 valence electrons. The van der Waals surface area contributed by atoms with Crippen molar-refractivity contribution >= 4 is 17.6 Å². The number of nitrogens with zero attached hydrogens (tertiary/aromatic N) is 2. The van der Waals surface area contributed by atoms with Crippen LogP contribution in [0, 0.1) is 0 Å². The van der Waals surface area contributed by atoms with E-state index in [4.69, 9.17) is 0 Å². The summed E-state index contributed by atoms with van der Waals surface area (Å²) in [5, 5.41) is 0. The average molecular weight is 212 g/mol. The first-order valence-electron chi connectivity index (χ1n) is 5.09. The molecule has 0 atom stereocenters. The number of amides is 2. The van der Waals surface area contributed by atoms with Crippen LogP contribution in [-0.4, -0.2) is 53.6 Å². The number of carbonyl (C=O) groups is 3. The lowest BCUT2D eigenvalue weighted by molar-refractivity contribution is -0.150. The summed E-state index contributed by atoms with van der Waals surface area (Å²) < 4.78 is 0. The van der Waals surface area contributed by atoms with Crippen molar-refractivity contribution in [2.45, 2.75) is 20.3 Å². The topological polar surface area (TPSA) is 57.7 Å². The second kappa shape index (κ2) is 4.91. The molecule has 0 aliphatic carbocycles. The summed E-state index contributed by atoms with van der Waals surface area (Å²) in [6, 6.07) is 0. The average Bonchev–Trinajstić information content (AvgIpc) is 2.18. The van der Waals surface area contributed by atoms with Gasteiger partial charge >= 0.3 is 0 Å². The predicted molar refractivity (Wildman–Crippen MR) is 54.1 cm³/mol. The molecule has 0 radical (unpaired) electrons.